The van der Waals surface area contributed by atoms with E-state index in [0.29, 0.717) is 12.1 Å². The van der Waals surface area contributed by atoms with Crippen molar-refractivity contribution in [3.63, 3.8) is 0 Å². The minimum Gasteiger partial charge on any atom is -0.364 e. The number of pyridine rings is 2. The van der Waals surface area contributed by atoms with Crippen LogP contribution in [0.1, 0.15) is 33.3 Å². The summed E-state index contributed by atoms with van der Waals surface area (Å²) in [4.78, 5) is 8.52. The summed E-state index contributed by atoms with van der Waals surface area (Å²) >= 11 is 0. The van der Waals surface area contributed by atoms with E-state index in [9.17, 15) is 0 Å². The maximum absolute atomic E-state index is 15.2. The van der Waals surface area contributed by atoms with Gasteiger partial charge in [0.15, 0.2) is 11.6 Å². The van der Waals surface area contributed by atoms with E-state index >= 15 is 4.39 Å². The summed E-state index contributed by atoms with van der Waals surface area (Å²) in [5.74, 6) is -0.128. The van der Waals surface area contributed by atoms with E-state index in [1.165, 1.54) is 0 Å². The number of fused-ring (bicyclic) bond motifs is 1. The molecule has 0 radical (unpaired) electrons. The maximum Gasteiger partial charge on any atom is 0.173 e. The molecule has 0 amide bonds. The Hall–Kier alpha value is -4.06. The summed E-state index contributed by atoms with van der Waals surface area (Å²) in [6.07, 6.45) is 5.15. The number of nitrogens with one attached hydrogen (secondary N) is 1. The average Bonchev–Trinajstić information content (AvgIpc) is 3.36. The lowest BCUT2D eigenvalue weighted by Gasteiger charge is -2.11. The third-order valence-corrected chi connectivity index (χ3v) is 5.33. The molecule has 0 aliphatic rings. The van der Waals surface area contributed by atoms with Crippen molar-refractivity contribution >= 4 is 16.7 Å². The second-order valence-electron chi connectivity index (χ2n) is 7.32. The van der Waals surface area contributed by atoms with Crippen LogP contribution in [-0.4, -0.2) is 19.7 Å². The smallest absolute Gasteiger partial charge is 0.173 e. The van der Waals surface area contributed by atoms with Crippen LogP contribution in [0.5, 0.6) is 0 Å². The number of rotatable bonds is 5. The zero-order valence-corrected chi connectivity index (χ0v) is 21.0. The Morgan fingerprint density at radius 1 is 0.800 bits per heavy atom. The highest BCUT2D eigenvalue weighted by atomic mass is 19.1. The second-order valence-corrected chi connectivity index (χ2v) is 7.32. The average molecular weight is 470 g/mol. The Labute approximate surface area is 206 Å². The highest BCUT2D eigenvalue weighted by Crippen LogP contribution is 2.29. The fourth-order valence-electron chi connectivity index (χ4n) is 3.67. The molecule has 3 aromatic heterocycles. The van der Waals surface area contributed by atoms with Crippen molar-refractivity contribution in [2.45, 2.75) is 34.2 Å². The third-order valence-electron chi connectivity index (χ3n) is 5.33. The predicted octanol–water partition coefficient (Wildman–Crippen LogP) is 7.50. The minimum atomic E-state index is -0.364. The van der Waals surface area contributed by atoms with Crippen molar-refractivity contribution in [3.05, 3.63) is 96.7 Å². The first-order chi connectivity index (χ1) is 17.2. The molecule has 0 bridgehead atoms. The normalized spacial score (nSPS) is 10.1. The highest BCUT2D eigenvalue weighted by Gasteiger charge is 2.12. The van der Waals surface area contributed by atoms with E-state index in [-0.39, 0.29) is 11.6 Å². The van der Waals surface area contributed by atoms with Crippen LogP contribution in [0, 0.1) is 5.82 Å². The molecular weight excluding hydrogens is 437 g/mol. The highest BCUT2D eigenvalue weighted by molar-refractivity contribution is 5.84. The van der Waals surface area contributed by atoms with Crippen molar-refractivity contribution in [1.82, 2.24) is 19.7 Å². The molecule has 6 heteroatoms. The first kappa shape index (κ1) is 25.6. The van der Waals surface area contributed by atoms with Crippen LogP contribution in [-0.2, 0) is 13.6 Å². The number of hydrogen-bond acceptors (Lipinski definition) is 4. The molecule has 2 aromatic carbocycles. The van der Waals surface area contributed by atoms with Gasteiger partial charge in [-0.15, -0.1) is 0 Å². The number of aromatic nitrogens is 4. The van der Waals surface area contributed by atoms with Gasteiger partial charge in [-0.3, -0.25) is 9.67 Å². The van der Waals surface area contributed by atoms with E-state index in [1.54, 1.807) is 24.7 Å². The fraction of sp³-hybridized carbons (Fsp3) is 0.207. The summed E-state index contributed by atoms with van der Waals surface area (Å²) in [6.45, 7) is 8.47. The van der Waals surface area contributed by atoms with Gasteiger partial charge in [0.1, 0.15) is 0 Å². The largest absolute Gasteiger partial charge is 0.364 e. The Kier molecular flexibility index (Phi) is 9.07. The molecule has 0 unspecified atom stereocenters. The van der Waals surface area contributed by atoms with Crippen LogP contribution in [0.25, 0.3) is 33.3 Å². The molecule has 5 nitrogen and oxygen atoms in total. The molecule has 0 aliphatic heterocycles. The number of nitrogens with zero attached hydrogens (tertiary/aromatic N) is 4. The first-order valence-corrected chi connectivity index (χ1v) is 12.0. The van der Waals surface area contributed by atoms with E-state index in [0.717, 1.165) is 33.3 Å². The van der Waals surface area contributed by atoms with Gasteiger partial charge in [0, 0.05) is 43.1 Å². The topological polar surface area (TPSA) is 55.6 Å². The summed E-state index contributed by atoms with van der Waals surface area (Å²) in [7, 11) is 1.91. The van der Waals surface area contributed by atoms with Crippen LogP contribution < -0.4 is 5.32 Å². The molecule has 1 N–H and O–H groups in total. The predicted molar refractivity (Wildman–Crippen MR) is 144 cm³/mol. The van der Waals surface area contributed by atoms with Gasteiger partial charge < -0.3 is 5.32 Å². The van der Waals surface area contributed by atoms with Gasteiger partial charge in [0.2, 0.25) is 0 Å². The standard InChI is InChI=1S/C25H20FN5.2C2H6/c1-31-23(11-14-30-31)18-6-4-17(5-7-18)16-29-25-24(26)21(10-13-28-25)19-8-9-22-20(15-19)3-2-12-27-22;2*1-2/h2-15H,16H2,1H3,(H,28,29);2*1-2H3. The van der Waals surface area contributed by atoms with Gasteiger partial charge >= 0.3 is 0 Å². The molecule has 5 rings (SSSR count). The van der Waals surface area contributed by atoms with Crippen LogP contribution in [0.3, 0.4) is 0 Å². The van der Waals surface area contributed by atoms with Crippen molar-refractivity contribution < 1.29 is 4.39 Å². The Balaban J connectivity index is 0.000000815. The monoisotopic (exact) mass is 469 g/mol. The van der Waals surface area contributed by atoms with Gasteiger partial charge in [-0.2, -0.15) is 5.10 Å². The van der Waals surface area contributed by atoms with Gasteiger partial charge in [-0.1, -0.05) is 64.1 Å². The zero-order valence-electron chi connectivity index (χ0n) is 21.0. The Bertz CT molecular complexity index is 1360. The van der Waals surface area contributed by atoms with E-state index in [1.807, 2.05) is 100 Å². The van der Waals surface area contributed by atoms with E-state index in [2.05, 4.69) is 20.4 Å². The fourth-order valence-corrected chi connectivity index (χ4v) is 3.67. The summed E-state index contributed by atoms with van der Waals surface area (Å²) in [6, 6.07) is 21.4. The lowest BCUT2D eigenvalue weighted by molar-refractivity contribution is 0.628. The van der Waals surface area contributed by atoms with Crippen molar-refractivity contribution in [2.75, 3.05) is 5.32 Å². The van der Waals surface area contributed by atoms with Crippen LogP contribution in [0.4, 0.5) is 10.2 Å². The third kappa shape index (κ3) is 5.90. The molecular formula is C29H32FN5. The number of hydrogen-bond donors (Lipinski definition) is 1. The SMILES string of the molecule is CC.CC.Cn1nccc1-c1ccc(CNc2nccc(-c3ccc4ncccc4c3)c2F)cc1. The number of aryl methyl sites for hydroxylation is 1. The minimum absolute atomic E-state index is 0.236. The molecule has 5 aromatic rings. The molecule has 0 aliphatic carbocycles. The van der Waals surface area contributed by atoms with E-state index in [4.69, 9.17) is 0 Å². The summed E-state index contributed by atoms with van der Waals surface area (Å²) < 4.78 is 17.0. The Morgan fingerprint density at radius 3 is 2.26 bits per heavy atom. The van der Waals surface area contributed by atoms with Crippen LogP contribution >= 0.6 is 0 Å². The van der Waals surface area contributed by atoms with Crippen molar-refractivity contribution in [1.29, 1.82) is 0 Å². The summed E-state index contributed by atoms with van der Waals surface area (Å²) in [5.41, 5.74) is 5.35. The van der Waals surface area contributed by atoms with E-state index < -0.39 is 0 Å². The lowest BCUT2D eigenvalue weighted by Crippen LogP contribution is -2.04. The molecule has 3 heterocycles. The maximum atomic E-state index is 15.2. The Morgan fingerprint density at radius 2 is 1.54 bits per heavy atom. The number of benzene rings is 2. The first-order valence-electron chi connectivity index (χ1n) is 12.0. The lowest BCUT2D eigenvalue weighted by atomic mass is 10.0. The van der Waals surface area contributed by atoms with Gasteiger partial charge in [-0.25, -0.2) is 9.37 Å². The zero-order chi connectivity index (χ0) is 25.2. The quantitative estimate of drug-likeness (QED) is 0.289. The van der Waals surface area contributed by atoms with Gasteiger partial charge in [-0.05, 0) is 47.0 Å². The molecule has 35 heavy (non-hydrogen) atoms. The molecule has 180 valence electrons. The second kappa shape index (κ2) is 12.4. The van der Waals surface area contributed by atoms with Crippen LogP contribution in [0.2, 0.25) is 0 Å². The summed E-state index contributed by atoms with van der Waals surface area (Å²) in [5, 5.41) is 8.30. The van der Waals surface area contributed by atoms with Crippen molar-refractivity contribution in [2.24, 2.45) is 7.05 Å². The van der Waals surface area contributed by atoms with Gasteiger partial charge in [0.25, 0.3) is 0 Å². The molecule has 0 saturated carbocycles. The molecule has 0 spiro atoms. The van der Waals surface area contributed by atoms with Gasteiger partial charge in [0.05, 0.1) is 11.2 Å². The van der Waals surface area contributed by atoms with Crippen molar-refractivity contribution in [3.8, 4) is 22.4 Å². The number of anilines is 1. The molecule has 0 saturated heterocycles. The van der Waals surface area contributed by atoms with Crippen LogP contribution in [0.15, 0.2) is 85.3 Å². The number of halogens is 1. The molecule has 0 atom stereocenters. The molecule has 0 fully saturated rings.